The fraction of sp³-hybridized carbons (Fsp3) is 0.458. The SMILES string of the molecule is CC(C)[C@@H]1C[C@H](c2ccc(Cl)c(Cl)c2)CO[C@H]1c1cccc(OCC(=O)N(C)C)c1. The van der Waals surface area contributed by atoms with Crippen LogP contribution in [0, 0.1) is 11.8 Å². The summed E-state index contributed by atoms with van der Waals surface area (Å²) in [5.41, 5.74) is 2.24. The number of amides is 1. The second-order valence-corrected chi connectivity index (χ2v) is 9.23. The molecule has 1 aliphatic heterocycles. The summed E-state index contributed by atoms with van der Waals surface area (Å²) in [6.07, 6.45) is 0.988. The van der Waals surface area contributed by atoms with Crippen LogP contribution in [0.4, 0.5) is 0 Å². The Balaban J connectivity index is 1.75. The molecule has 0 bridgehead atoms. The third-order valence-corrected chi connectivity index (χ3v) is 6.48. The average molecular weight is 450 g/mol. The lowest BCUT2D eigenvalue weighted by molar-refractivity contribution is -0.130. The number of nitrogens with zero attached hydrogens (tertiary/aromatic N) is 1. The Labute approximate surface area is 189 Å². The monoisotopic (exact) mass is 449 g/mol. The number of benzene rings is 2. The van der Waals surface area contributed by atoms with E-state index in [9.17, 15) is 4.79 Å². The highest BCUT2D eigenvalue weighted by atomic mass is 35.5. The average Bonchev–Trinajstić information content (AvgIpc) is 2.73. The zero-order chi connectivity index (χ0) is 21.8. The first-order valence-corrected chi connectivity index (χ1v) is 11.0. The Morgan fingerprint density at radius 3 is 2.57 bits per heavy atom. The number of hydrogen-bond donors (Lipinski definition) is 0. The summed E-state index contributed by atoms with van der Waals surface area (Å²) in [4.78, 5) is 13.3. The van der Waals surface area contributed by atoms with Crippen LogP contribution < -0.4 is 4.74 Å². The van der Waals surface area contributed by atoms with Crippen LogP contribution in [0.15, 0.2) is 42.5 Å². The maximum Gasteiger partial charge on any atom is 0.259 e. The molecule has 30 heavy (non-hydrogen) atoms. The largest absolute Gasteiger partial charge is 0.484 e. The van der Waals surface area contributed by atoms with Gasteiger partial charge in [-0.3, -0.25) is 4.79 Å². The number of likely N-dealkylation sites (N-methyl/N-ethyl adjacent to an activating group) is 1. The number of carbonyl (C=O) groups is 1. The van der Waals surface area contributed by atoms with Gasteiger partial charge in [0.05, 0.1) is 22.8 Å². The Morgan fingerprint density at radius 1 is 1.13 bits per heavy atom. The molecule has 1 saturated heterocycles. The number of carbonyl (C=O) groups excluding carboxylic acids is 1. The molecule has 1 heterocycles. The van der Waals surface area contributed by atoms with Crippen LogP contribution in [0.5, 0.6) is 5.75 Å². The normalized spacial score (nSPS) is 21.5. The molecule has 1 aliphatic rings. The molecule has 2 aromatic carbocycles. The highest BCUT2D eigenvalue weighted by Gasteiger charge is 2.35. The molecular weight excluding hydrogens is 421 g/mol. The van der Waals surface area contributed by atoms with Crippen LogP contribution in [0.25, 0.3) is 0 Å². The van der Waals surface area contributed by atoms with Crippen LogP contribution >= 0.6 is 23.2 Å². The number of hydrogen-bond acceptors (Lipinski definition) is 3. The van der Waals surface area contributed by atoms with Crippen molar-refractivity contribution in [2.75, 3.05) is 27.3 Å². The van der Waals surface area contributed by atoms with Gasteiger partial charge in [0.15, 0.2) is 6.61 Å². The van der Waals surface area contributed by atoms with E-state index < -0.39 is 0 Å². The van der Waals surface area contributed by atoms with E-state index in [0.29, 0.717) is 34.2 Å². The molecule has 0 N–H and O–H groups in total. The van der Waals surface area contributed by atoms with E-state index in [1.54, 1.807) is 14.1 Å². The minimum atomic E-state index is -0.0705. The summed E-state index contributed by atoms with van der Waals surface area (Å²) in [7, 11) is 3.44. The molecule has 162 valence electrons. The van der Waals surface area contributed by atoms with Gasteiger partial charge in [-0.05, 0) is 53.6 Å². The van der Waals surface area contributed by atoms with Crippen LogP contribution in [0.1, 0.15) is 43.4 Å². The zero-order valence-electron chi connectivity index (χ0n) is 17.9. The van der Waals surface area contributed by atoms with E-state index >= 15 is 0 Å². The molecule has 0 saturated carbocycles. The van der Waals surface area contributed by atoms with Gasteiger partial charge in [-0.2, -0.15) is 0 Å². The topological polar surface area (TPSA) is 38.8 Å². The minimum Gasteiger partial charge on any atom is -0.484 e. The second-order valence-electron chi connectivity index (χ2n) is 8.42. The van der Waals surface area contributed by atoms with Gasteiger partial charge in [-0.1, -0.05) is 55.2 Å². The smallest absolute Gasteiger partial charge is 0.259 e. The maximum atomic E-state index is 11.8. The molecule has 3 rings (SSSR count). The summed E-state index contributed by atoms with van der Waals surface area (Å²) >= 11 is 12.3. The first-order chi connectivity index (χ1) is 14.3. The van der Waals surface area contributed by atoms with Crippen LogP contribution in [-0.2, 0) is 9.53 Å². The zero-order valence-corrected chi connectivity index (χ0v) is 19.4. The van der Waals surface area contributed by atoms with Crippen LogP contribution in [-0.4, -0.2) is 38.1 Å². The lowest BCUT2D eigenvalue weighted by Gasteiger charge is -2.39. The van der Waals surface area contributed by atoms with Crippen molar-refractivity contribution in [3.8, 4) is 5.75 Å². The number of halogens is 2. The molecule has 0 radical (unpaired) electrons. The molecule has 1 fully saturated rings. The van der Waals surface area contributed by atoms with E-state index in [4.69, 9.17) is 32.7 Å². The second kappa shape index (κ2) is 10.0. The Kier molecular flexibility index (Phi) is 7.67. The lowest BCUT2D eigenvalue weighted by atomic mass is 9.76. The van der Waals surface area contributed by atoms with Crippen molar-refractivity contribution in [1.82, 2.24) is 4.90 Å². The fourth-order valence-electron chi connectivity index (χ4n) is 3.88. The third kappa shape index (κ3) is 5.48. The van der Waals surface area contributed by atoms with Crippen LogP contribution in [0.3, 0.4) is 0 Å². The van der Waals surface area contributed by atoms with E-state index in [1.165, 1.54) is 4.90 Å². The van der Waals surface area contributed by atoms with Crippen molar-refractivity contribution >= 4 is 29.1 Å². The standard InChI is InChI=1S/C24H29Cl2NO3/c1-15(2)20-11-18(16-8-9-21(25)22(26)12-16)13-30-24(20)17-6-5-7-19(10-17)29-14-23(28)27(3)4/h5-10,12,15,18,20,24H,11,13-14H2,1-4H3/t18-,20-,24-/m0/s1. The van der Waals surface area contributed by atoms with Gasteiger partial charge >= 0.3 is 0 Å². The molecule has 0 aliphatic carbocycles. The molecule has 0 spiro atoms. The summed E-state index contributed by atoms with van der Waals surface area (Å²) in [5.74, 6) is 1.68. The molecule has 2 aromatic rings. The summed E-state index contributed by atoms with van der Waals surface area (Å²) in [5, 5.41) is 1.15. The third-order valence-electron chi connectivity index (χ3n) is 5.74. The molecule has 0 unspecified atom stereocenters. The Bertz CT molecular complexity index is 885. The molecular formula is C24H29Cl2NO3. The Hall–Kier alpha value is -1.75. The van der Waals surface area contributed by atoms with Gasteiger partial charge < -0.3 is 14.4 Å². The number of rotatable bonds is 6. The first kappa shape index (κ1) is 22.9. The molecule has 6 heteroatoms. The Morgan fingerprint density at radius 2 is 1.90 bits per heavy atom. The first-order valence-electron chi connectivity index (χ1n) is 10.3. The molecule has 1 amide bonds. The van der Waals surface area contributed by atoms with Crippen molar-refractivity contribution in [3.05, 3.63) is 63.6 Å². The van der Waals surface area contributed by atoms with Gasteiger partial charge in [0.25, 0.3) is 5.91 Å². The maximum absolute atomic E-state index is 11.8. The number of ether oxygens (including phenoxy) is 2. The minimum absolute atomic E-state index is 0.0166. The van der Waals surface area contributed by atoms with Gasteiger partial charge in [0.1, 0.15) is 5.75 Å². The van der Waals surface area contributed by atoms with E-state index in [-0.39, 0.29) is 24.5 Å². The summed E-state index contributed by atoms with van der Waals surface area (Å²) in [6, 6.07) is 13.7. The van der Waals surface area contributed by atoms with Gasteiger partial charge in [-0.25, -0.2) is 0 Å². The lowest BCUT2D eigenvalue weighted by Crippen LogP contribution is -2.31. The van der Waals surface area contributed by atoms with E-state index in [0.717, 1.165) is 17.5 Å². The molecule has 3 atom stereocenters. The van der Waals surface area contributed by atoms with E-state index in [1.807, 2.05) is 36.4 Å². The van der Waals surface area contributed by atoms with Crippen molar-refractivity contribution in [2.45, 2.75) is 32.3 Å². The van der Waals surface area contributed by atoms with Gasteiger partial charge in [0.2, 0.25) is 0 Å². The van der Waals surface area contributed by atoms with Crippen LogP contribution in [0.2, 0.25) is 10.0 Å². The summed E-state index contributed by atoms with van der Waals surface area (Å²) in [6.45, 7) is 5.10. The van der Waals surface area contributed by atoms with E-state index in [2.05, 4.69) is 19.9 Å². The van der Waals surface area contributed by atoms with Gasteiger partial charge in [-0.15, -0.1) is 0 Å². The van der Waals surface area contributed by atoms with Gasteiger partial charge in [0, 0.05) is 20.0 Å². The highest BCUT2D eigenvalue weighted by molar-refractivity contribution is 6.42. The summed E-state index contributed by atoms with van der Waals surface area (Å²) < 4.78 is 12.1. The fourth-order valence-corrected chi connectivity index (χ4v) is 4.19. The quantitative estimate of drug-likeness (QED) is 0.544. The highest BCUT2D eigenvalue weighted by Crippen LogP contribution is 2.44. The molecule has 0 aromatic heterocycles. The van der Waals surface area contributed by atoms with Crippen molar-refractivity contribution in [1.29, 1.82) is 0 Å². The molecule has 4 nitrogen and oxygen atoms in total. The predicted octanol–water partition coefficient (Wildman–Crippen LogP) is 5.98. The van der Waals surface area contributed by atoms with Crippen molar-refractivity contribution < 1.29 is 14.3 Å². The predicted molar refractivity (Wildman–Crippen MR) is 121 cm³/mol. The van der Waals surface area contributed by atoms with Crippen molar-refractivity contribution in [2.24, 2.45) is 11.8 Å². The van der Waals surface area contributed by atoms with Crippen molar-refractivity contribution in [3.63, 3.8) is 0 Å².